The van der Waals surface area contributed by atoms with Crippen molar-refractivity contribution in [1.29, 1.82) is 0 Å². The van der Waals surface area contributed by atoms with Gasteiger partial charge in [0.05, 0.1) is 11.4 Å². The quantitative estimate of drug-likeness (QED) is 0.778. The van der Waals surface area contributed by atoms with Crippen LogP contribution in [0.2, 0.25) is 0 Å². The first-order valence-electron chi connectivity index (χ1n) is 8.43. The van der Waals surface area contributed by atoms with Gasteiger partial charge in [-0.25, -0.2) is 4.68 Å². The Balaban J connectivity index is 2.00. The lowest BCUT2D eigenvalue weighted by Crippen LogP contribution is -2.35. The molecule has 5 nitrogen and oxygen atoms in total. The molecule has 3 aromatic rings. The highest BCUT2D eigenvalue weighted by atomic mass is 16.1. The summed E-state index contributed by atoms with van der Waals surface area (Å²) in [6.07, 6.45) is 0. The molecule has 2 aromatic carbocycles. The molecule has 5 heteroatoms. The van der Waals surface area contributed by atoms with Gasteiger partial charge in [-0.05, 0) is 32.6 Å². The molecule has 0 aliphatic heterocycles. The Morgan fingerprint density at radius 3 is 2.24 bits per heavy atom. The molecule has 0 unspecified atom stereocenters. The van der Waals surface area contributed by atoms with Crippen LogP contribution in [0.3, 0.4) is 0 Å². The third kappa shape index (κ3) is 3.42. The van der Waals surface area contributed by atoms with Gasteiger partial charge in [-0.2, -0.15) is 5.10 Å². The monoisotopic (exact) mass is 336 g/mol. The normalized spacial score (nSPS) is 13.8. The first-order valence-corrected chi connectivity index (χ1v) is 8.43. The second-order valence-electron chi connectivity index (χ2n) is 6.58. The highest BCUT2D eigenvalue weighted by Crippen LogP contribution is 2.26. The molecule has 1 N–H and O–H groups in total. The van der Waals surface area contributed by atoms with Gasteiger partial charge in [0, 0.05) is 18.5 Å². The molecule has 25 heavy (non-hydrogen) atoms. The largest absolute Gasteiger partial charge is 0.364 e. The molecule has 0 fully saturated rings. The maximum Gasteiger partial charge on any atom is 0.274 e. The van der Waals surface area contributed by atoms with Crippen molar-refractivity contribution in [1.82, 2.24) is 14.7 Å². The van der Waals surface area contributed by atoms with Gasteiger partial charge in [-0.1, -0.05) is 48.5 Å². The van der Waals surface area contributed by atoms with Gasteiger partial charge < -0.3 is 10.2 Å². The Labute approximate surface area is 147 Å². The number of likely N-dealkylation sites (N-methyl/N-ethyl adjacent to an activating group) is 1. The van der Waals surface area contributed by atoms with E-state index in [0.29, 0.717) is 5.39 Å². The van der Waals surface area contributed by atoms with Crippen LogP contribution in [-0.4, -0.2) is 34.8 Å². The molecule has 0 spiro atoms. The molecular weight excluding hydrogens is 312 g/mol. The lowest BCUT2D eigenvalue weighted by atomic mass is 9.99. The lowest BCUT2D eigenvalue weighted by molar-refractivity contribution is 0.275. The number of benzene rings is 2. The molecule has 3 rings (SSSR count). The predicted octanol–water partition coefficient (Wildman–Crippen LogP) is 3.04. The molecule has 1 aromatic heterocycles. The zero-order chi connectivity index (χ0) is 18.0. The molecule has 0 aliphatic carbocycles. The van der Waals surface area contributed by atoms with E-state index in [2.05, 4.69) is 60.6 Å². The second kappa shape index (κ2) is 7.07. The molecule has 1 heterocycles. The Morgan fingerprint density at radius 2 is 1.60 bits per heavy atom. The predicted molar refractivity (Wildman–Crippen MR) is 103 cm³/mol. The van der Waals surface area contributed by atoms with Crippen LogP contribution in [0.4, 0.5) is 5.82 Å². The molecule has 0 radical (unpaired) electrons. The fourth-order valence-electron chi connectivity index (χ4n) is 3.39. The minimum atomic E-state index is -0.0824. The molecular formula is C20H24N4O. The lowest BCUT2D eigenvalue weighted by Gasteiger charge is -2.31. The molecule has 0 bridgehead atoms. The van der Waals surface area contributed by atoms with E-state index >= 15 is 0 Å². The van der Waals surface area contributed by atoms with Crippen molar-refractivity contribution in [3.63, 3.8) is 0 Å². The molecule has 0 saturated heterocycles. The summed E-state index contributed by atoms with van der Waals surface area (Å²) in [5.74, 6) is 0.730. The minimum Gasteiger partial charge on any atom is -0.364 e. The average molecular weight is 336 g/mol. The van der Waals surface area contributed by atoms with Crippen molar-refractivity contribution < 1.29 is 0 Å². The fraction of sp³-hybridized carbons (Fsp3) is 0.300. The van der Waals surface area contributed by atoms with Crippen LogP contribution < -0.4 is 10.9 Å². The maximum absolute atomic E-state index is 12.3. The van der Waals surface area contributed by atoms with Crippen molar-refractivity contribution in [2.45, 2.75) is 19.0 Å². The van der Waals surface area contributed by atoms with Crippen LogP contribution in [0.25, 0.3) is 10.8 Å². The summed E-state index contributed by atoms with van der Waals surface area (Å²) in [5, 5.41) is 9.50. The smallest absolute Gasteiger partial charge is 0.274 e. The van der Waals surface area contributed by atoms with Crippen LogP contribution in [0.15, 0.2) is 59.4 Å². The van der Waals surface area contributed by atoms with Crippen molar-refractivity contribution >= 4 is 16.6 Å². The van der Waals surface area contributed by atoms with E-state index in [1.54, 1.807) is 7.05 Å². The summed E-state index contributed by atoms with van der Waals surface area (Å²) in [5.41, 5.74) is 1.16. The first kappa shape index (κ1) is 17.2. The van der Waals surface area contributed by atoms with Gasteiger partial charge in [0.2, 0.25) is 0 Å². The van der Waals surface area contributed by atoms with Crippen molar-refractivity contribution in [3.05, 3.63) is 70.5 Å². The van der Waals surface area contributed by atoms with E-state index in [4.69, 9.17) is 0 Å². The van der Waals surface area contributed by atoms with E-state index in [9.17, 15) is 4.79 Å². The van der Waals surface area contributed by atoms with Crippen LogP contribution in [-0.2, 0) is 7.05 Å². The third-order valence-electron chi connectivity index (χ3n) is 4.49. The number of aromatic nitrogens is 2. The number of rotatable bonds is 5. The molecule has 0 aliphatic rings. The van der Waals surface area contributed by atoms with Crippen LogP contribution in [0, 0.1) is 0 Å². The van der Waals surface area contributed by atoms with Gasteiger partial charge in [0.15, 0.2) is 5.82 Å². The number of nitrogens with zero attached hydrogens (tertiary/aromatic N) is 3. The van der Waals surface area contributed by atoms with Gasteiger partial charge in [0.25, 0.3) is 5.56 Å². The summed E-state index contributed by atoms with van der Waals surface area (Å²) >= 11 is 0. The van der Waals surface area contributed by atoms with Crippen LogP contribution in [0.1, 0.15) is 18.5 Å². The van der Waals surface area contributed by atoms with Crippen LogP contribution >= 0.6 is 0 Å². The van der Waals surface area contributed by atoms with Gasteiger partial charge in [0.1, 0.15) is 0 Å². The van der Waals surface area contributed by atoms with Crippen LogP contribution in [0.5, 0.6) is 0 Å². The van der Waals surface area contributed by atoms with E-state index in [-0.39, 0.29) is 17.6 Å². The maximum atomic E-state index is 12.3. The van der Waals surface area contributed by atoms with E-state index in [1.165, 1.54) is 10.2 Å². The van der Waals surface area contributed by atoms with Gasteiger partial charge >= 0.3 is 0 Å². The number of hydrogen-bond acceptors (Lipinski definition) is 4. The summed E-state index contributed by atoms with van der Waals surface area (Å²) in [7, 11) is 5.83. The Morgan fingerprint density at radius 1 is 1.00 bits per heavy atom. The number of hydrogen-bond donors (Lipinski definition) is 1. The minimum absolute atomic E-state index is 0.0824. The Bertz CT molecular complexity index is 918. The fourth-order valence-corrected chi connectivity index (χ4v) is 3.39. The first-order chi connectivity index (χ1) is 12.0. The number of fused-ring (bicyclic) bond motifs is 1. The van der Waals surface area contributed by atoms with Crippen molar-refractivity contribution in [2.24, 2.45) is 7.05 Å². The summed E-state index contributed by atoms with van der Waals surface area (Å²) in [4.78, 5) is 14.5. The van der Waals surface area contributed by atoms with Crippen molar-refractivity contribution in [2.75, 3.05) is 19.4 Å². The van der Waals surface area contributed by atoms with E-state index < -0.39 is 0 Å². The van der Waals surface area contributed by atoms with Crippen molar-refractivity contribution in [3.8, 4) is 0 Å². The van der Waals surface area contributed by atoms with E-state index in [1.807, 2.05) is 30.3 Å². The number of nitrogens with one attached hydrogen (secondary N) is 1. The summed E-state index contributed by atoms with van der Waals surface area (Å²) in [6, 6.07) is 18.3. The zero-order valence-electron chi connectivity index (χ0n) is 15.1. The molecule has 0 saturated carbocycles. The SMILES string of the molecule is C[C@H](Nc1nn(C)c(=O)c2ccccc12)[C@H](c1ccccc1)N(C)C. The number of aryl methyl sites for hydroxylation is 1. The topological polar surface area (TPSA) is 50.2 Å². The molecule has 2 atom stereocenters. The Kier molecular flexibility index (Phi) is 4.86. The van der Waals surface area contributed by atoms with Gasteiger partial charge in [-0.15, -0.1) is 0 Å². The average Bonchev–Trinajstić information content (AvgIpc) is 2.60. The summed E-state index contributed by atoms with van der Waals surface area (Å²) < 4.78 is 1.39. The molecule has 0 amide bonds. The highest BCUT2D eigenvalue weighted by Gasteiger charge is 2.22. The molecule has 130 valence electrons. The third-order valence-corrected chi connectivity index (χ3v) is 4.49. The zero-order valence-corrected chi connectivity index (χ0v) is 15.1. The van der Waals surface area contributed by atoms with E-state index in [0.717, 1.165) is 11.2 Å². The Hall–Kier alpha value is -2.66. The number of anilines is 1. The highest BCUT2D eigenvalue weighted by molar-refractivity contribution is 5.90. The standard InChI is InChI=1S/C20H24N4O/c1-14(18(23(2)3)15-10-6-5-7-11-15)21-19-16-12-8-9-13-17(16)20(25)24(4)22-19/h5-14,18H,1-4H3,(H,21,22)/t14-,18+/m0/s1. The van der Waals surface area contributed by atoms with Gasteiger partial charge in [-0.3, -0.25) is 4.79 Å². The second-order valence-corrected chi connectivity index (χ2v) is 6.58. The summed E-state index contributed by atoms with van der Waals surface area (Å²) in [6.45, 7) is 2.14.